The predicted octanol–water partition coefficient (Wildman–Crippen LogP) is 7.05. The molecule has 0 bridgehead atoms. The number of hydrogen-bond acceptors (Lipinski definition) is 4. The van der Waals surface area contributed by atoms with Crippen molar-refractivity contribution < 1.29 is 13.2 Å². The Morgan fingerprint density at radius 2 is 1.45 bits per heavy atom. The highest BCUT2D eigenvalue weighted by molar-refractivity contribution is 7.98. The quantitative estimate of drug-likeness (QED) is 0.229. The number of benzene rings is 4. The van der Waals surface area contributed by atoms with Crippen LogP contribution in [0.2, 0.25) is 0 Å². The number of thioether (sulfide) groups is 1. The van der Waals surface area contributed by atoms with Crippen LogP contribution in [0.4, 0.5) is 11.4 Å². The molecule has 196 valence electrons. The van der Waals surface area contributed by atoms with Gasteiger partial charge in [-0.15, -0.1) is 11.8 Å². The summed E-state index contributed by atoms with van der Waals surface area (Å²) in [5.41, 5.74) is 5.99. The molecule has 7 heteroatoms. The zero-order valence-electron chi connectivity index (χ0n) is 22.1. The summed E-state index contributed by atoms with van der Waals surface area (Å²) in [4.78, 5) is 14.6. The Kier molecular flexibility index (Phi) is 8.59. The molecule has 0 saturated carbocycles. The van der Waals surface area contributed by atoms with Gasteiger partial charge in [0.15, 0.2) is 0 Å². The van der Waals surface area contributed by atoms with E-state index in [1.165, 1.54) is 9.20 Å². The number of hydrogen-bond donors (Lipinski definition) is 1. The van der Waals surface area contributed by atoms with E-state index in [1.807, 2.05) is 64.1 Å². The number of carbonyl (C=O) groups excluding carboxylic acids is 1. The minimum absolute atomic E-state index is 0.145. The second kappa shape index (κ2) is 11.9. The molecule has 38 heavy (non-hydrogen) atoms. The summed E-state index contributed by atoms with van der Waals surface area (Å²) in [7, 11) is -3.97. The Morgan fingerprint density at radius 1 is 0.789 bits per heavy atom. The molecule has 0 aliphatic carbocycles. The Balaban J connectivity index is 1.54. The lowest BCUT2D eigenvalue weighted by molar-refractivity contribution is -0.114. The monoisotopic (exact) mass is 544 g/mol. The second-order valence-electron chi connectivity index (χ2n) is 9.47. The SMILES string of the molecule is Cc1ccc(S(=O)(=O)N(CC(=O)Nc2ccc(CSc3ccccc3)cc2C)c2cc(C)cc(C)c2)cc1. The molecule has 0 aliphatic heterocycles. The molecule has 1 N–H and O–H groups in total. The molecule has 4 rings (SSSR count). The number of nitrogens with zero attached hydrogens (tertiary/aromatic N) is 1. The predicted molar refractivity (Wildman–Crippen MR) is 157 cm³/mol. The van der Waals surface area contributed by atoms with Crippen LogP contribution in [-0.2, 0) is 20.6 Å². The van der Waals surface area contributed by atoms with Gasteiger partial charge in [0.05, 0.1) is 10.6 Å². The fraction of sp³-hybridized carbons (Fsp3) is 0.194. The third kappa shape index (κ3) is 6.85. The molecule has 4 aromatic rings. The Labute approximate surface area is 230 Å². The first-order valence-electron chi connectivity index (χ1n) is 12.4. The van der Waals surface area contributed by atoms with Crippen LogP contribution in [0.3, 0.4) is 0 Å². The van der Waals surface area contributed by atoms with Gasteiger partial charge in [-0.3, -0.25) is 9.10 Å². The molecule has 0 aliphatic rings. The molecule has 1 amide bonds. The van der Waals surface area contributed by atoms with Gasteiger partial charge in [-0.25, -0.2) is 8.42 Å². The zero-order chi connectivity index (χ0) is 27.3. The van der Waals surface area contributed by atoms with Crippen LogP contribution >= 0.6 is 11.8 Å². The Bertz CT molecular complexity index is 1510. The highest BCUT2D eigenvalue weighted by Gasteiger charge is 2.27. The van der Waals surface area contributed by atoms with Crippen molar-refractivity contribution in [2.45, 2.75) is 43.2 Å². The standard InChI is InChI=1S/C31H32N2O3S2/c1-22-10-13-29(14-11-22)38(35,36)33(27-17-23(2)16-24(3)18-27)20-31(34)32-30-15-12-26(19-25(30)4)21-37-28-8-6-5-7-9-28/h5-19H,20-21H2,1-4H3,(H,32,34). The number of nitrogens with one attached hydrogen (secondary N) is 1. The Morgan fingerprint density at radius 3 is 2.08 bits per heavy atom. The zero-order valence-corrected chi connectivity index (χ0v) is 23.7. The van der Waals surface area contributed by atoms with Crippen molar-refractivity contribution in [1.29, 1.82) is 0 Å². The van der Waals surface area contributed by atoms with Gasteiger partial charge in [0.25, 0.3) is 10.0 Å². The van der Waals surface area contributed by atoms with E-state index >= 15 is 0 Å². The summed E-state index contributed by atoms with van der Waals surface area (Å²) in [6, 6.07) is 28.3. The minimum Gasteiger partial charge on any atom is -0.324 e. The molecule has 5 nitrogen and oxygen atoms in total. The molecule has 0 spiro atoms. The highest BCUT2D eigenvalue weighted by Crippen LogP contribution is 2.28. The molecule has 4 aromatic carbocycles. The van der Waals surface area contributed by atoms with E-state index in [2.05, 4.69) is 23.5 Å². The van der Waals surface area contributed by atoms with Crippen molar-refractivity contribution in [3.63, 3.8) is 0 Å². The number of sulfonamides is 1. The van der Waals surface area contributed by atoms with Crippen LogP contribution in [-0.4, -0.2) is 20.9 Å². The van der Waals surface area contributed by atoms with Gasteiger partial charge in [-0.2, -0.15) is 0 Å². The minimum atomic E-state index is -3.97. The van der Waals surface area contributed by atoms with Gasteiger partial charge in [0.1, 0.15) is 6.54 Å². The van der Waals surface area contributed by atoms with Crippen molar-refractivity contribution >= 4 is 39.1 Å². The van der Waals surface area contributed by atoms with Gasteiger partial charge in [0, 0.05) is 16.3 Å². The van der Waals surface area contributed by atoms with E-state index < -0.39 is 15.9 Å². The maximum absolute atomic E-state index is 13.7. The highest BCUT2D eigenvalue weighted by atomic mass is 32.2. The third-order valence-electron chi connectivity index (χ3n) is 6.10. The summed E-state index contributed by atoms with van der Waals surface area (Å²) < 4.78 is 28.6. The van der Waals surface area contributed by atoms with E-state index in [0.29, 0.717) is 11.4 Å². The number of aryl methyl sites for hydroxylation is 4. The van der Waals surface area contributed by atoms with Crippen LogP contribution in [0.25, 0.3) is 0 Å². The van der Waals surface area contributed by atoms with Crippen molar-refractivity contribution in [3.05, 3.63) is 119 Å². The fourth-order valence-electron chi connectivity index (χ4n) is 4.21. The van der Waals surface area contributed by atoms with E-state index in [1.54, 1.807) is 48.2 Å². The molecule has 0 fully saturated rings. The number of anilines is 2. The van der Waals surface area contributed by atoms with Crippen LogP contribution < -0.4 is 9.62 Å². The maximum atomic E-state index is 13.7. The summed E-state index contributed by atoms with van der Waals surface area (Å²) in [5, 5.41) is 2.92. The number of amides is 1. The largest absolute Gasteiger partial charge is 0.324 e. The molecular weight excluding hydrogens is 512 g/mol. The van der Waals surface area contributed by atoms with Gasteiger partial charge in [-0.1, -0.05) is 54.1 Å². The lowest BCUT2D eigenvalue weighted by atomic mass is 10.1. The molecular formula is C31H32N2O3S2. The van der Waals surface area contributed by atoms with Crippen molar-refractivity contribution in [3.8, 4) is 0 Å². The number of rotatable bonds is 9. The van der Waals surface area contributed by atoms with E-state index in [4.69, 9.17) is 0 Å². The third-order valence-corrected chi connectivity index (χ3v) is 8.98. The molecule has 0 radical (unpaired) electrons. The maximum Gasteiger partial charge on any atom is 0.264 e. The summed E-state index contributed by atoms with van der Waals surface area (Å²) in [6.07, 6.45) is 0. The fourth-order valence-corrected chi connectivity index (χ4v) is 6.47. The van der Waals surface area contributed by atoms with E-state index in [-0.39, 0.29) is 11.4 Å². The van der Waals surface area contributed by atoms with Crippen LogP contribution in [0, 0.1) is 27.7 Å². The lowest BCUT2D eigenvalue weighted by Gasteiger charge is -2.25. The normalized spacial score (nSPS) is 11.3. The lowest BCUT2D eigenvalue weighted by Crippen LogP contribution is -2.38. The molecule has 0 unspecified atom stereocenters. The van der Waals surface area contributed by atoms with Gasteiger partial charge in [0.2, 0.25) is 5.91 Å². The second-order valence-corrected chi connectivity index (χ2v) is 12.4. The first kappa shape index (κ1) is 27.5. The summed E-state index contributed by atoms with van der Waals surface area (Å²) in [5.74, 6) is 0.406. The average Bonchev–Trinajstić information content (AvgIpc) is 2.87. The topological polar surface area (TPSA) is 66.5 Å². The molecule has 0 heterocycles. The van der Waals surface area contributed by atoms with Crippen LogP contribution in [0.5, 0.6) is 0 Å². The smallest absolute Gasteiger partial charge is 0.264 e. The average molecular weight is 545 g/mol. The first-order valence-corrected chi connectivity index (χ1v) is 14.8. The van der Waals surface area contributed by atoms with Gasteiger partial charge in [-0.05, 0) is 92.4 Å². The van der Waals surface area contributed by atoms with Crippen LogP contribution in [0.15, 0.2) is 101 Å². The van der Waals surface area contributed by atoms with Gasteiger partial charge >= 0.3 is 0 Å². The van der Waals surface area contributed by atoms with E-state index in [9.17, 15) is 13.2 Å². The van der Waals surface area contributed by atoms with Crippen molar-refractivity contribution in [2.75, 3.05) is 16.2 Å². The van der Waals surface area contributed by atoms with Gasteiger partial charge < -0.3 is 5.32 Å². The number of carbonyl (C=O) groups is 1. The van der Waals surface area contributed by atoms with Crippen molar-refractivity contribution in [1.82, 2.24) is 0 Å². The summed E-state index contributed by atoms with van der Waals surface area (Å²) in [6.45, 7) is 7.32. The molecule has 0 saturated heterocycles. The molecule has 0 atom stereocenters. The first-order chi connectivity index (χ1) is 18.1. The Hall–Kier alpha value is -3.55. The summed E-state index contributed by atoms with van der Waals surface area (Å²) >= 11 is 1.75. The van der Waals surface area contributed by atoms with Crippen LogP contribution in [0.1, 0.15) is 27.8 Å². The molecule has 0 aromatic heterocycles. The van der Waals surface area contributed by atoms with Crippen molar-refractivity contribution in [2.24, 2.45) is 0 Å². The van der Waals surface area contributed by atoms with E-state index in [0.717, 1.165) is 33.6 Å².